The van der Waals surface area contributed by atoms with Crippen LogP contribution in [0.25, 0.3) is 0 Å². The van der Waals surface area contributed by atoms with Crippen LogP contribution in [0.15, 0.2) is 24.0 Å². The van der Waals surface area contributed by atoms with Crippen LogP contribution in [0.3, 0.4) is 0 Å². The minimum Gasteiger partial charge on any atom is -0.376 e. The lowest BCUT2D eigenvalue weighted by Crippen LogP contribution is -2.15. The van der Waals surface area contributed by atoms with Crippen molar-refractivity contribution in [1.29, 1.82) is 0 Å². The number of rotatable bonds is 4. The average Bonchev–Trinajstić information content (AvgIpc) is 2.89. The third-order valence-corrected chi connectivity index (χ3v) is 2.74. The molecule has 1 aliphatic rings. The summed E-state index contributed by atoms with van der Waals surface area (Å²) in [6.45, 7) is 5.37. The smallest absolute Gasteiger partial charge is 0.248 e. The van der Waals surface area contributed by atoms with Gasteiger partial charge in [0.05, 0.1) is 24.5 Å². The Labute approximate surface area is 107 Å². The summed E-state index contributed by atoms with van der Waals surface area (Å²) < 4.78 is 7.36. The van der Waals surface area contributed by atoms with E-state index in [4.69, 9.17) is 4.74 Å². The van der Waals surface area contributed by atoms with E-state index < -0.39 is 0 Å². The largest absolute Gasteiger partial charge is 0.376 e. The quantitative estimate of drug-likeness (QED) is 0.830. The van der Waals surface area contributed by atoms with Crippen LogP contribution < -0.4 is 5.32 Å². The van der Waals surface area contributed by atoms with E-state index in [1.54, 1.807) is 12.3 Å². The summed E-state index contributed by atoms with van der Waals surface area (Å²) in [6, 6.07) is 0. The molecule has 0 saturated carbocycles. The van der Waals surface area contributed by atoms with Crippen LogP contribution in [-0.2, 0) is 16.1 Å². The molecule has 0 radical (unpaired) electrons. The zero-order chi connectivity index (χ0) is 13.0. The fraction of sp³-hybridized carbons (Fsp3) is 0.538. The summed E-state index contributed by atoms with van der Waals surface area (Å²) in [4.78, 5) is 11.5. The molecule has 0 aliphatic carbocycles. The van der Waals surface area contributed by atoms with Crippen LogP contribution in [0, 0.1) is 0 Å². The highest BCUT2D eigenvalue weighted by Gasteiger charge is 2.16. The van der Waals surface area contributed by atoms with Gasteiger partial charge in [0.15, 0.2) is 0 Å². The first-order valence-corrected chi connectivity index (χ1v) is 6.23. The Balaban J connectivity index is 1.89. The highest BCUT2D eigenvalue weighted by atomic mass is 16.5. The van der Waals surface area contributed by atoms with Gasteiger partial charge in [-0.1, -0.05) is 5.57 Å². The molecule has 1 unspecified atom stereocenters. The van der Waals surface area contributed by atoms with Crippen molar-refractivity contribution < 1.29 is 9.53 Å². The van der Waals surface area contributed by atoms with Gasteiger partial charge in [0.1, 0.15) is 0 Å². The highest BCUT2D eigenvalue weighted by molar-refractivity contribution is 5.99. The number of anilines is 1. The van der Waals surface area contributed by atoms with Crippen LogP contribution in [0.2, 0.25) is 0 Å². The molecule has 0 spiro atoms. The topological polar surface area (TPSA) is 56.2 Å². The van der Waals surface area contributed by atoms with Crippen LogP contribution in [0.1, 0.15) is 26.7 Å². The van der Waals surface area contributed by atoms with Gasteiger partial charge in [0, 0.05) is 18.9 Å². The molecule has 1 aliphatic heterocycles. The predicted octanol–water partition coefficient (Wildman–Crippen LogP) is 1.97. The molecule has 1 fully saturated rings. The number of hydrogen-bond acceptors (Lipinski definition) is 3. The third kappa shape index (κ3) is 3.70. The standard InChI is InChI=1S/C13H19N3O2/c1-10(2)6-13(17)15-11-7-14-16(8-11)9-12-4-3-5-18-12/h6-8,12H,3-5,9H2,1-2H3,(H,15,17). The van der Waals surface area contributed by atoms with E-state index in [-0.39, 0.29) is 12.0 Å². The van der Waals surface area contributed by atoms with Gasteiger partial charge >= 0.3 is 0 Å². The Hall–Kier alpha value is -1.62. The van der Waals surface area contributed by atoms with E-state index in [0.717, 1.165) is 37.3 Å². The van der Waals surface area contributed by atoms with Gasteiger partial charge in [0.2, 0.25) is 5.91 Å². The lowest BCUT2D eigenvalue weighted by atomic mass is 10.2. The molecule has 2 rings (SSSR count). The normalized spacial score (nSPS) is 18.7. The molecule has 1 amide bonds. The van der Waals surface area contributed by atoms with Crippen molar-refractivity contribution in [2.75, 3.05) is 11.9 Å². The van der Waals surface area contributed by atoms with Crippen molar-refractivity contribution in [1.82, 2.24) is 9.78 Å². The summed E-state index contributed by atoms with van der Waals surface area (Å²) in [5.74, 6) is -0.119. The van der Waals surface area contributed by atoms with E-state index >= 15 is 0 Å². The predicted molar refractivity (Wildman–Crippen MR) is 69.3 cm³/mol. The first-order chi connectivity index (χ1) is 8.63. The van der Waals surface area contributed by atoms with Crippen molar-refractivity contribution >= 4 is 11.6 Å². The molecular formula is C13H19N3O2. The second-order valence-corrected chi connectivity index (χ2v) is 4.80. The van der Waals surface area contributed by atoms with Crippen molar-refractivity contribution in [3.63, 3.8) is 0 Å². The Kier molecular flexibility index (Phi) is 4.15. The van der Waals surface area contributed by atoms with Crippen molar-refractivity contribution in [3.05, 3.63) is 24.0 Å². The third-order valence-electron chi connectivity index (χ3n) is 2.74. The SMILES string of the molecule is CC(C)=CC(=O)Nc1cnn(CC2CCCO2)c1. The molecule has 1 N–H and O–H groups in total. The number of hydrogen-bond donors (Lipinski definition) is 1. The lowest BCUT2D eigenvalue weighted by molar-refractivity contribution is -0.111. The number of nitrogens with zero attached hydrogens (tertiary/aromatic N) is 2. The molecule has 1 aromatic heterocycles. The minimum atomic E-state index is -0.119. The Bertz CT molecular complexity index is 441. The fourth-order valence-electron chi connectivity index (χ4n) is 1.97. The van der Waals surface area contributed by atoms with E-state index in [2.05, 4.69) is 10.4 Å². The molecule has 0 aromatic carbocycles. The zero-order valence-corrected chi connectivity index (χ0v) is 10.8. The van der Waals surface area contributed by atoms with Gasteiger partial charge in [0.25, 0.3) is 0 Å². The molecule has 1 aromatic rings. The molecule has 5 nitrogen and oxygen atoms in total. The van der Waals surface area contributed by atoms with E-state index in [9.17, 15) is 4.79 Å². The van der Waals surface area contributed by atoms with Crippen molar-refractivity contribution in [2.45, 2.75) is 39.3 Å². The van der Waals surface area contributed by atoms with Gasteiger partial charge < -0.3 is 10.1 Å². The molecule has 1 atom stereocenters. The summed E-state index contributed by atoms with van der Waals surface area (Å²) in [5.41, 5.74) is 1.69. The van der Waals surface area contributed by atoms with Crippen LogP contribution >= 0.6 is 0 Å². The van der Waals surface area contributed by atoms with Gasteiger partial charge in [-0.05, 0) is 26.7 Å². The van der Waals surface area contributed by atoms with Gasteiger partial charge in [-0.15, -0.1) is 0 Å². The Morgan fingerprint density at radius 2 is 2.50 bits per heavy atom. The zero-order valence-electron chi connectivity index (χ0n) is 10.8. The molecule has 18 heavy (non-hydrogen) atoms. The number of carbonyl (C=O) groups is 1. The van der Waals surface area contributed by atoms with Crippen molar-refractivity contribution in [3.8, 4) is 0 Å². The monoisotopic (exact) mass is 249 g/mol. The number of aromatic nitrogens is 2. The van der Waals surface area contributed by atoms with E-state index in [0.29, 0.717) is 0 Å². The number of allylic oxidation sites excluding steroid dienone is 1. The maximum atomic E-state index is 11.5. The molecule has 98 valence electrons. The Morgan fingerprint density at radius 3 is 3.17 bits per heavy atom. The number of ether oxygens (including phenoxy) is 1. The second kappa shape index (κ2) is 5.82. The van der Waals surface area contributed by atoms with Crippen LogP contribution in [0.4, 0.5) is 5.69 Å². The first-order valence-electron chi connectivity index (χ1n) is 6.23. The van der Waals surface area contributed by atoms with Crippen molar-refractivity contribution in [2.24, 2.45) is 0 Å². The van der Waals surface area contributed by atoms with Gasteiger partial charge in [-0.3, -0.25) is 9.48 Å². The van der Waals surface area contributed by atoms with Gasteiger partial charge in [-0.25, -0.2) is 0 Å². The fourth-order valence-corrected chi connectivity index (χ4v) is 1.97. The van der Waals surface area contributed by atoms with Crippen LogP contribution in [-0.4, -0.2) is 28.4 Å². The second-order valence-electron chi connectivity index (χ2n) is 4.80. The molecule has 5 heteroatoms. The number of nitrogens with one attached hydrogen (secondary N) is 1. The summed E-state index contributed by atoms with van der Waals surface area (Å²) in [6.07, 6.45) is 7.52. The van der Waals surface area contributed by atoms with Crippen LogP contribution in [0.5, 0.6) is 0 Å². The molecular weight excluding hydrogens is 230 g/mol. The average molecular weight is 249 g/mol. The number of amides is 1. The lowest BCUT2D eigenvalue weighted by Gasteiger charge is -2.08. The first kappa shape index (κ1) is 12.8. The maximum absolute atomic E-state index is 11.5. The number of carbonyl (C=O) groups excluding carboxylic acids is 1. The minimum absolute atomic E-state index is 0.119. The summed E-state index contributed by atoms with van der Waals surface area (Å²) in [5, 5.41) is 6.99. The maximum Gasteiger partial charge on any atom is 0.248 e. The summed E-state index contributed by atoms with van der Waals surface area (Å²) in [7, 11) is 0. The van der Waals surface area contributed by atoms with E-state index in [1.165, 1.54) is 0 Å². The van der Waals surface area contributed by atoms with Gasteiger partial charge in [-0.2, -0.15) is 5.10 Å². The summed E-state index contributed by atoms with van der Waals surface area (Å²) >= 11 is 0. The molecule has 2 heterocycles. The Morgan fingerprint density at radius 1 is 1.67 bits per heavy atom. The highest BCUT2D eigenvalue weighted by Crippen LogP contribution is 2.14. The molecule has 1 saturated heterocycles. The molecule has 0 bridgehead atoms. The van der Waals surface area contributed by atoms with E-state index in [1.807, 2.05) is 24.7 Å².